The van der Waals surface area contributed by atoms with Crippen LogP contribution in [0.4, 0.5) is 0 Å². The van der Waals surface area contributed by atoms with Crippen LogP contribution in [-0.2, 0) is 6.54 Å². The molecule has 4 nitrogen and oxygen atoms in total. The second-order valence-corrected chi connectivity index (χ2v) is 6.37. The minimum atomic E-state index is -0.442. The minimum absolute atomic E-state index is 0.344. The van der Waals surface area contributed by atoms with E-state index in [9.17, 15) is 4.79 Å². The molecule has 0 aliphatic carbocycles. The summed E-state index contributed by atoms with van der Waals surface area (Å²) in [5.74, 6) is -0.442. The van der Waals surface area contributed by atoms with Crippen LogP contribution in [0.1, 0.15) is 41.6 Å². The zero-order valence-corrected chi connectivity index (χ0v) is 12.1. The van der Waals surface area contributed by atoms with E-state index in [2.05, 4.69) is 4.90 Å². The van der Waals surface area contributed by atoms with Gasteiger partial charge in [0.25, 0.3) is 0 Å². The molecule has 1 aromatic carbocycles. The zero-order valence-electron chi connectivity index (χ0n) is 11.4. The molecule has 2 unspecified atom stereocenters. The second kappa shape index (κ2) is 5.35. The Hall–Kier alpha value is -1.10. The SMILES string of the molecule is NC(=O)c1ccc(CN2C3CCC2CC(N)C3)c(Cl)c1. The molecule has 0 aromatic heterocycles. The van der Waals surface area contributed by atoms with Gasteiger partial charge in [-0.15, -0.1) is 0 Å². The molecule has 1 aromatic rings. The standard InChI is InChI=1S/C15H20ClN3O/c16-14-5-9(15(18)20)1-2-10(14)8-19-12-3-4-13(19)7-11(17)6-12/h1-2,5,11-13H,3-4,6-8,17H2,(H2,18,20). The molecule has 108 valence electrons. The molecule has 20 heavy (non-hydrogen) atoms. The maximum absolute atomic E-state index is 11.1. The molecule has 2 atom stereocenters. The highest BCUT2D eigenvalue weighted by Gasteiger charge is 2.39. The van der Waals surface area contributed by atoms with Gasteiger partial charge in [0.15, 0.2) is 0 Å². The monoisotopic (exact) mass is 293 g/mol. The van der Waals surface area contributed by atoms with E-state index < -0.39 is 5.91 Å². The van der Waals surface area contributed by atoms with Crippen LogP contribution in [0.15, 0.2) is 18.2 Å². The van der Waals surface area contributed by atoms with Crippen LogP contribution in [0, 0.1) is 0 Å². The van der Waals surface area contributed by atoms with E-state index in [0.29, 0.717) is 28.7 Å². The van der Waals surface area contributed by atoms with Crippen molar-refractivity contribution >= 4 is 17.5 Å². The van der Waals surface area contributed by atoms with E-state index in [1.807, 2.05) is 6.07 Å². The number of fused-ring (bicyclic) bond motifs is 2. The summed E-state index contributed by atoms with van der Waals surface area (Å²) >= 11 is 6.28. The minimum Gasteiger partial charge on any atom is -0.366 e. The number of hydrogen-bond donors (Lipinski definition) is 2. The van der Waals surface area contributed by atoms with Gasteiger partial charge in [-0.2, -0.15) is 0 Å². The number of piperidine rings is 1. The van der Waals surface area contributed by atoms with Crippen molar-refractivity contribution < 1.29 is 4.79 Å². The van der Waals surface area contributed by atoms with Gasteiger partial charge >= 0.3 is 0 Å². The van der Waals surface area contributed by atoms with Crippen LogP contribution in [0.2, 0.25) is 5.02 Å². The van der Waals surface area contributed by atoms with Crippen molar-refractivity contribution in [3.63, 3.8) is 0 Å². The maximum Gasteiger partial charge on any atom is 0.248 e. The third-order valence-corrected chi connectivity index (χ3v) is 4.96. The summed E-state index contributed by atoms with van der Waals surface area (Å²) in [6.45, 7) is 0.833. The van der Waals surface area contributed by atoms with Crippen LogP contribution in [0.5, 0.6) is 0 Å². The van der Waals surface area contributed by atoms with Gasteiger partial charge in [-0.05, 0) is 43.4 Å². The zero-order chi connectivity index (χ0) is 14.3. The van der Waals surface area contributed by atoms with Crippen molar-refractivity contribution in [3.05, 3.63) is 34.3 Å². The van der Waals surface area contributed by atoms with Crippen molar-refractivity contribution in [2.24, 2.45) is 11.5 Å². The van der Waals surface area contributed by atoms with Crippen molar-refractivity contribution in [1.82, 2.24) is 4.90 Å². The van der Waals surface area contributed by atoms with E-state index in [-0.39, 0.29) is 0 Å². The molecule has 2 saturated heterocycles. The summed E-state index contributed by atoms with van der Waals surface area (Å²) in [6, 6.07) is 6.83. The fraction of sp³-hybridized carbons (Fsp3) is 0.533. The van der Waals surface area contributed by atoms with Gasteiger partial charge in [0.1, 0.15) is 0 Å². The number of nitrogens with two attached hydrogens (primary N) is 2. The normalized spacial score (nSPS) is 29.6. The number of primary amides is 1. The molecule has 4 N–H and O–H groups in total. The van der Waals surface area contributed by atoms with Gasteiger partial charge in [-0.1, -0.05) is 17.7 Å². The molecule has 3 rings (SSSR count). The summed E-state index contributed by atoms with van der Waals surface area (Å²) in [7, 11) is 0. The highest BCUT2D eigenvalue weighted by atomic mass is 35.5. The van der Waals surface area contributed by atoms with Crippen LogP contribution < -0.4 is 11.5 Å². The van der Waals surface area contributed by atoms with E-state index >= 15 is 0 Å². The number of nitrogens with zero attached hydrogens (tertiary/aromatic N) is 1. The van der Waals surface area contributed by atoms with E-state index in [1.165, 1.54) is 12.8 Å². The molecule has 2 aliphatic rings. The first kappa shape index (κ1) is 13.9. The topological polar surface area (TPSA) is 72.4 Å². The Bertz CT molecular complexity index is 520. The third-order valence-electron chi connectivity index (χ3n) is 4.61. The second-order valence-electron chi connectivity index (χ2n) is 5.96. The predicted molar refractivity (Wildman–Crippen MR) is 79.5 cm³/mol. The molecule has 2 heterocycles. The lowest BCUT2D eigenvalue weighted by Gasteiger charge is -2.37. The fourth-order valence-electron chi connectivity index (χ4n) is 3.60. The highest BCUT2D eigenvalue weighted by molar-refractivity contribution is 6.31. The number of rotatable bonds is 3. The molecule has 2 aliphatic heterocycles. The van der Waals surface area contributed by atoms with E-state index in [4.69, 9.17) is 23.1 Å². The van der Waals surface area contributed by atoms with Crippen molar-refractivity contribution in [2.45, 2.75) is 50.4 Å². The molecule has 0 radical (unpaired) electrons. The average Bonchev–Trinajstić information content (AvgIpc) is 2.63. The highest BCUT2D eigenvalue weighted by Crippen LogP contribution is 2.37. The largest absolute Gasteiger partial charge is 0.366 e. The number of halogens is 1. The number of carbonyl (C=O) groups excluding carboxylic acids is 1. The average molecular weight is 294 g/mol. The maximum atomic E-state index is 11.1. The summed E-state index contributed by atoms with van der Waals surface area (Å²) in [4.78, 5) is 13.7. The van der Waals surface area contributed by atoms with Crippen molar-refractivity contribution in [2.75, 3.05) is 0 Å². The number of hydrogen-bond acceptors (Lipinski definition) is 3. The van der Waals surface area contributed by atoms with Gasteiger partial charge in [-0.3, -0.25) is 9.69 Å². The molecule has 2 bridgehead atoms. The van der Waals surface area contributed by atoms with Gasteiger partial charge in [0.05, 0.1) is 0 Å². The van der Waals surface area contributed by atoms with Gasteiger partial charge in [0.2, 0.25) is 5.91 Å². The van der Waals surface area contributed by atoms with Gasteiger partial charge < -0.3 is 11.5 Å². The quantitative estimate of drug-likeness (QED) is 0.894. The lowest BCUT2D eigenvalue weighted by Crippen LogP contribution is -2.46. The first-order chi connectivity index (χ1) is 9.54. The smallest absolute Gasteiger partial charge is 0.248 e. The Labute approximate surface area is 124 Å². The predicted octanol–water partition coefficient (Wildman–Crippen LogP) is 1.89. The fourth-order valence-corrected chi connectivity index (χ4v) is 3.84. The lowest BCUT2D eigenvalue weighted by atomic mass is 9.97. The number of benzene rings is 1. The van der Waals surface area contributed by atoms with E-state index in [1.54, 1.807) is 12.1 Å². The molecular formula is C15H20ClN3O. The first-order valence-corrected chi connectivity index (χ1v) is 7.52. The number of carbonyl (C=O) groups is 1. The van der Waals surface area contributed by atoms with Crippen LogP contribution >= 0.6 is 11.6 Å². The summed E-state index contributed by atoms with van der Waals surface area (Å²) in [6.07, 6.45) is 4.62. The Morgan fingerprint density at radius 1 is 1.30 bits per heavy atom. The summed E-state index contributed by atoms with van der Waals surface area (Å²) in [5.41, 5.74) is 12.9. The molecule has 2 fully saturated rings. The Kier molecular flexibility index (Phi) is 3.71. The van der Waals surface area contributed by atoms with Crippen LogP contribution in [0.3, 0.4) is 0 Å². The molecular weight excluding hydrogens is 274 g/mol. The van der Waals surface area contributed by atoms with E-state index in [0.717, 1.165) is 24.9 Å². The van der Waals surface area contributed by atoms with Crippen LogP contribution in [0.25, 0.3) is 0 Å². The number of amides is 1. The lowest BCUT2D eigenvalue weighted by molar-refractivity contribution is 0.1000. The first-order valence-electron chi connectivity index (χ1n) is 7.14. The summed E-state index contributed by atoms with van der Waals surface area (Å²) < 4.78 is 0. The molecule has 5 heteroatoms. The Morgan fingerprint density at radius 3 is 2.50 bits per heavy atom. The summed E-state index contributed by atoms with van der Waals surface area (Å²) in [5, 5.41) is 0.621. The van der Waals surface area contributed by atoms with Crippen LogP contribution in [-0.4, -0.2) is 28.9 Å². The molecule has 0 spiro atoms. The molecule has 1 amide bonds. The van der Waals surface area contributed by atoms with Crippen molar-refractivity contribution in [3.8, 4) is 0 Å². The Balaban J connectivity index is 1.77. The third kappa shape index (κ3) is 2.55. The van der Waals surface area contributed by atoms with Crippen molar-refractivity contribution in [1.29, 1.82) is 0 Å². The van der Waals surface area contributed by atoms with Gasteiger partial charge in [-0.25, -0.2) is 0 Å². The molecule has 0 saturated carbocycles. The Morgan fingerprint density at radius 2 is 1.95 bits per heavy atom. The van der Waals surface area contributed by atoms with Gasteiger partial charge in [0, 0.05) is 35.3 Å².